The SMILES string of the molecule is COCC1CCCN(CCNCc2cccnc2)C1. The molecule has 1 N–H and O–H groups in total. The number of rotatable bonds is 7. The molecule has 1 aliphatic rings. The van der Waals surface area contributed by atoms with Gasteiger partial charge in [-0.15, -0.1) is 0 Å². The molecule has 1 aliphatic heterocycles. The van der Waals surface area contributed by atoms with Gasteiger partial charge in [0.05, 0.1) is 6.61 Å². The van der Waals surface area contributed by atoms with E-state index in [0.717, 1.165) is 32.2 Å². The van der Waals surface area contributed by atoms with Crippen LogP contribution in [0.25, 0.3) is 0 Å². The van der Waals surface area contributed by atoms with Crippen LogP contribution in [-0.4, -0.2) is 49.8 Å². The van der Waals surface area contributed by atoms with Gasteiger partial charge in [-0.2, -0.15) is 0 Å². The van der Waals surface area contributed by atoms with Gasteiger partial charge < -0.3 is 15.0 Å². The second-order valence-electron chi connectivity index (χ2n) is 5.30. The highest BCUT2D eigenvalue weighted by atomic mass is 16.5. The lowest BCUT2D eigenvalue weighted by Gasteiger charge is -2.32. The lowest BCUT2D eigenvalue weighted by Crippen LogP contribution is -2.40. The number of nitrogens with zero attached hydrogens (tertiary/aromatic N) is 2. The summed E-state index contributed by atoms with van der Waals surface area (Å²) in [4.78, 5) is 6.66. The molecule has 0 aromatic carbocycles. The summed E-state index contributed by atoms with van der Waals surface area (Å²) in [5.74, 6) is 0.720. The Balaban J connectivity index is 1.60. The third-order valence-corrected chi connectivity index (χ3v) is 3.66. The standard InChI is InChI=1S/C15H25N3O/c1-19-13-15-5-3-8-18(12-15)9-7-17-11-14-4-2-6-16-10-14/h2,4,6,10,15,17H,3,5,7-9,11-13H2,1H3. The molecule has 1 aromatic heterocycles. The first-order chi connectivity index (χ1) is 9.38. The van der Waals surface area contributed by atoms with Gasteiger partial charge in [-0.1, -0.05) is 6.07 Å². The van der Waals surface area contributed by atoms with Crippen molar-refractivity contribution in [1.29, 1.82) is 0 Å². The maximum absolute atomic E-state index is 5.26. The Kier molecular flexibility index (Phi) is 6.27. The molecule has 2 heterocycles. The molecule has 0 spiro atoms. The maximum atomic E-state index is 5.26. The fourth-order valence-corrected chi connectivity index (χ4v) is 2.70. The summed E-state index contributed by atoms with van der Waals surface area (Å²) < 4.78 is 5.26. The van der Waals surface area contributed by atoms with E-state index in [0.29, 0.717) is 0 Å². The van der Waals surface area contributed by atoms with Crippen molar-refractivity contribution in [3.05, 3.63) is 30.1 Å². The fraction of sp³-hybridized carbons (Fsp3) is 0.667. The minimum atomic E-state index is 0.720. The first kappa shape index (κ1) is 14.4. The Morgan fingerprint density at radius 3 is 3.26 bits per heavy atom. The van der Waals surface area contributed by atoms with E-state index < -0.39 is 0 Å². The van der Waals surface area contributed by atoms with Crippen LogP contribution in [0, 0.1) is 5.92 Å². The average Bonchev–Trinajstić information content (AvgIpc) is 2.46. The molecule has 1 saturated heterocycles. The van der Waals surface area contributed by atoms with E-state index in [-0.39, 0.29) is 0 Å². The molecular weight excluding hydrogens is 238 g/mol. The van der Waals surface area contributed by atoms with Crippen molar-refractivity contribution in [1.82, 2.24) is 15.2 Å². The molecular formula is C15H25N3O. The molecule has 4 heteroatoms. The summed E-state index contributed by atoms with van der Waals surface area (Å²) >= 11 is 0. The Morgan fingerprint density at radius 1 is 1.53 bits per heavy atom. The van der Waals surface area contributed by atoms with Gasteiger partial charge in [0.2, 0.25) is 0 Å². The third kappa shape index (κ3) is 5.27. The summed E-state index contributed by atoms with van der Waals surface area (Å²) in [6.07, 6.45) is 6.35. The first-order valence-electron chi connectivity index (χ1n) is 7.19. The molecule has 4 nitrogen and oxygen atoms in total. The number of methoxy groups -OCH3 is 1. The summed E-state index contributed by atoms with van der Waals surface area (Å²) in [5, 5.41) is 3.48. The van der Waals surface area contributed by atoms with Crippen molar-refractivity contribution < 1.29 is 4.74 Å². The van der Waals surface area contributed by atoms with Crippen LogP contribution in [0.5, 0.6) is 0 Å². The summed E-state index contributed by atoms with van der Waals surface area (Å²) in [7, 11) is 1.80. The van der Waals surface area contributed by atoms with E-state index in [9.17, 15) is 0 Å². The molecule has 0 saturated carbocycles. The van der Waals surface area contributed by atoms with Crippen LogP contribution in [-0.2, 0) is 11.3 Å². The van der Waals surface area contributed by atoms with E-state index in [2.05, 4.69) is 21.3 Å². The second-order valence-corrected chi connectivity index (χ2v) is 5.30. The normalized spacial score (nSPS) is 20.6. The number of piperidine rings is 1. The molecule has 0 amide bonds. The smallest absolute Gasteiger partial charge is 0.0502 e. The topological polar surface area (TPSA) is 37.4 Å². The van der Waals surface area contributed by atoms with Gasteiger partial charge in [-0.25, -0.2) is 0 Å². The highest BCUT2D eigenvalue weighted by Crippen LogP contribution is 2.15. The minimum Gasteiger partial charge on any atom is -0.384 e. The van der Waals surface area contributed by atoms with Crippen molar-refractivity contribution >= 4 is 0 Å². The number of pyridine rings is 1. The highest BCUT2D eigenvalue weighted by Gasteiger charge is 2.18. The van der Waals surface area contributed by atoms with Crippen LogP contribution in [0.15, 0.2) is 24.5 Å². The molecule has 106 valence electrons. The summed E-state index contributed by atoms with van der Waals surface area (Å²) in [6.45, 7) is 6.38. The predicted octanol–water partition coefficient (Wildman–Crippen LogP) is 1.53. The number of nitrogens with one attached hydrogen (secondary N) is 1. The van der Waals surface area contributed by atoms with Crippen molar-refractivity contribution in [3.63, 3.8) is 0 Å². The van der Waals surface area contributed by atoms with Crippen LogP contribution in [0.4, 0.5) is 0 Å². The van der Waals surface area contributed by atoms with Crippen molar-refractivity contribution in [2.24, 2.45) is 5.92 Å². The fourth-order valence-electron chi connectivity index (χ4n) is 2.70. The van der Waals surface area contributed by atoms with E-state index in [1.54, 1.807) is 7.11 Å². The van der Waals surface area contributed by atoms with Gasteiger partial charge in [0.1, 0.15) is 0 Å². The molecule has 1 aromatic rings. The number of ether oxygens (including phenoxy) is 1. The molecule has 19 heavy (non-hydrogen) atoms. The quantitative estimate of drug-likeness (QED) is 0.757. The van der Waals surface area contributed by atoms with Crippen molar-refractivity contribution in [2.75, 3.05) is 39.9 Å². The van der Waals surface area contributed by atoms with Crippen molar-refractivity contribution in [3.8, 4) is 0 Å². The Labute approximate surface area is 116 Å². The largest absolute Gasteiger partial charge is 0.384 e. The monoisotopic (exact) mass is 263 g/mol. The number of hydrogen-bond donors (Lipinski definition) is 1. The van der Waals surface area contributed by atoms with Gasteiger partial charge >= 0.3 is 0 Å². The zero-order valence-electron chi connectivity index (χ0n) is 11.8. The third-order valence-electron chi connectivity index (χ3n) is 3.66. The van der Waals surface area contributed by atoms with E-state index in [1.165, 1.54) is 31.5 Å². The molecule has 0 aliphatic carbocycles. The molecule has 0 bridgehead atoms. The lowest BCUT2D eigenvalue weighted by molar-refractivity contribution is 0.0910. The minimum absolute atomic E-state index is 0.720. The molecule has 1 atom stereocenters. The van der Waals surface area contributed by atoms with Gasteiger partial charge in [-0.3, -0.25) is 4.98 Å². The lowest BCUT2D eigenvalue weighted by atomic mass is 9.99. The maximum Gasteiger partial charge on any atom is 0.0502 e. The van der Waals surface area contributed by atoms with Crippen LogP contribution in [0.3, 0.4) is 0 Å². The van der Waals surface area contributed by atoms with E-state index >= 15 is 0 Å². The predicted molar refractivity (Wildman–Crippen MR) is 77.0 cm³/mol. The Morgan fingerprint density at radius 2 is 2.47 bits per heavy atom. The van der Waals surface area contributed by atoms with Crippen LogP contribution in [0.1, 0.15) is 18.4 Å². The second kappa shape index (κ2) is 8.25. The van der Waals surface area contributed by atoms with Gasteiger partial charge in [-0.05, 0) is 36.9 Å². The molecule has 0 radical (unpaired) electrons. The van der Waals surface area contributed by atoms with Gasteiger partial charge in [0.15, 0.2) is 0 Å². The highest BCUT2D eigenvalue weighted by molar-refractivity contribution is 5.07. The van der Waals surface area contributed by atoms with Crippen molar-refractivity contribution in [2.45, 2.75) is 19.4 Å². The Hall–Kier alpha value is -0.970. The summed E-state index contributed by atoms with van der Waals surface area (Å²) in [5.41, 5.74) is 1.25. The first-order valence-corrected chi connectivity index (χ1v) is 7.19. The van der Waals surface area contributed by atoms with Crippen LogP contribution >= 0.6 is 0 Å². The summed E-state index contributed by atoms with van der Waals surface area (Å²) in [6, 6.07) is 4.09. The van der Waals surface area contributed by atoms with E-state index in [1.807, 2.05) is 18.5 Å². The van der Waals surface area contributed by atoms with Crippen LogP contribution in [0.2, 0.25) is 0 Å². The number of hydrogen-bond acceptors (Lipinski definition) is 4. The zero-order valence-corrected chi connectivity index (χ0v) is 11.8. The zero-order chi connectivity index (χ0) is 13.3. The molecule has 1 unspecified atom stereocenters. The molecule has 1 fully saturated rings. The Bertz CT molecular complexity index is 343. The average molecular weight is 263 g/mol. The van der Waals surface area contributed by atoms with Gasteiger partial charge in [0.25, 0.3) is 0 Å². The van der Waals surface area contributed by atoms with E-state index in [4.69, 9.17) is 4.74 Å². The van der Waals surface area contributed by atoms with Gasteiger partial charge in [0, 0.05) is 45.7 Å². The molecule has 2 rings (SSSR count). The number of aromatic nitrogens is 1. The number of likely N-dealkylation sites (tertiary alicyclic amines) is 1. The van der Waals surface area contributed by atoms with Crippen LogP contribution < -0.4 is 5.32 Å².